The molecule has 118 valence electrons. The molecule has 3 aromatic carbocycles. The van der Waals surface area contributed by atoms with Crippen molar-refractivity contribution in [2.24, 2.45) is 5.16 Å². The number of fused-ring (bicyclic) bond motifs is 5. The summed E-state index contributed by atoms with van der Waals surface area (Å²) in [7, 11) is 0. The van der Waals surface area contributed by atoms with E-state index >= 15 is 0 Å². The van der Waals surface area contributed by atoms with Crippen molar-refractivity contribution in [1.29, 1.82) is 0 Å². The molecule has 0 fully saturated rings. The van der Waals surface area contributed by atoms with Crippen LogP contribution in [0.3, 0.4) is 0 Å². The van der Waals surface area contributed by atoms with Crippen LogP contribution in [0.4, 0.5) is 0 Å². The number of benzene rings is 3. The van der Waals surface area contributed by atoms with Crippen LogP contribution in [0.1, 0.15) is 29.3 Å². The van der Waals surface area contributed by atoms with Gasteiger partial charge in [-0.1, -0.05) is 53.7 Å². The molecule has 0 saturated carbocycles. The van der Waals surface area contributed by atoms with Gasteiger partial charge in [-0.3, -0.25) is 4.79 Å². The molecule has 0 aliphatic heterocycles. The molecule has 0 atom stereocenters. The van der Waals surface area contributed by atoms with Gasteiger partial charge in [-0.25, -0.2) is 4.79 Å². The van der Waals surface area contributed by atoms with Crippen molar-refractivity contribution >= 4 is 39.0 Å². The van der Waals surface area contributed by atoms with E-state index in [9.17, 15) is 9.59 Å². The van der Waals surface area contributed by atoms with Crippen LogP contribution in [0.5, 0.6) is 0 Å². The zero-order valence-corrected chi connectivity index (χ0v) is 13.2. The SMILES string of the molecule is CC(=O)O/N=C1\CCc2c(ccc3c2ccc2ccccc23)C1=O. The number of carbonyl (C=O) groups excluding carboxylic acids is 2. The van der Waals surface area contributed by atoms with Gasteiger partial charge in [0.15, 0.2) is 0 Å². The average molecular weight is 317 g/mol. The average Bonchev–Trinajstić information content (AvgIpc) is 2.60. The van der Waals surface area contributed by atoms with Gasteiger partial charge in [0.05, 0.1) is 0 Å². The largest absolute Gasteiger partial charge is 0.331 e. The maximum absolute atomic E-state index is 12.6. The van der Waals surface area contributed by atoms with Gasteiger partial charge in [-0.15, -0.1) is 0 Å². The fourth-order valence-corrected chi connectivity index (χ4v) is 3.35. The van der Waals surface area contributed by atoms with Crippen LogP contribution in [0.15, 0.2) is 53.7 Å². The smallest absolute Gasteiger partial charge is 0.318 e. The minimum atomic E-state index is -0.522. The van der Waals surface area contributed by atoms with E-state index in [1.807, 2.05) is 24.3 Å². The number of aryl methyl sites for hydroxylation is 1. The van der Waals surface area contributed by atoms with E-state index in [2.05, 4.69) is 34.3 Å². The van der Waals surface area contributed by atoms with Crippen LogP contribution < -0.4 is 0 Å². The number of hydrogen-bond donors (Lipinski definition) is 0. The molecule has 4 nitrogen and oxygen atoms in total. The molecule has 4 heteroatoms. The molecule has 0 spiro atoms. The quantitative estimate of drug-likeness (QED) is 0.387. The Labute approximate surface area is 138 Å². The van der Waals surface area contributed by atoms with Crippen LogP contribution >= 0.6 is 0 Å². The highest BCUT2D eigenvalue weighted by molar-refractivity contribution is 6.47. The molecule has 4 rings (SSSR count). The maximum atomic E-state index is 12.6. The van der Waals surface area contributed by atoms with E-state index in [1.54, 1.807) is 0 Å². The molecule has 0 aromatic heterocycles. The molecule has 0 N–H and O–H groups in total. The standard InChI is InChI=1S/C20H15NO3/c1-12(22)24-21-19-11-10-17-16-7-6-13-4-2-3-5-14(13)15(16)8-9-18(17)20(19)23/h2-9H,10-11H2,1H3/b21-19+. The summed E-state index contributed by atoms with van der Waals surface area (Å²) in [4.78, 5) is 28.2. The Hall–Kier alpha value is -3.01. The van der Waals surface area contributed by atoms with Crippen molar-refractivity contribution in [2.45, 2.75) is 19.8 Å². The van der Waals surface area contributed by atoms with Crippen molar-refractivity contribution in [3.05, 3.63) is 59.7 Å². The first-order valence-corrected chi connectivity index (χ1v) is 7.87. The van der Waals surface area contributed by atoms with Gasteiger partial charge in [0.2, 0.25) is 5.78 Å². The third-order valence-electron chi connectivity index (χ3n) is 4.44. The molecular weight excluding hydrogens is 302 g/mol. The summed E-state index contributed by atoms with van der Waals surface area (Å²) in [6, 6.07) is 16.2. The van der Waals surface area contributed by atoms with Crippen molar-refractivity contribution in [2.75, 3.05) is 0 Å². The topological polar surface area (TPSA) is 55.7 Å². The second-order valence-electron chi connectivity index (χ2n) is 5.92. The summed E-state index contributed by atoms with van der Waals surface area (Å²) < 4.78 is 0. The normalized spacial score (nSPS) is 15.7. The van der Waals surface area contributed by atoms with Gasteiger partial charge in [0, 0.05) is 18.9 Å². The lowest BCUT2D eigenvalue weighted by Crippen LogP contribution is -2.23. The maximum Gasteiger partial charge on any atom is 0.331 e. The summed E-state index contributed by atoms with van der Waals surface area (Å²) >= 11 is 0. The number of carbonyl (C=O) groups is 2. The number of oxime groups is 1. The Morgan fingerprint density at radius 2 is 1.75 bits per heavy atom. The number of ketones is 1. The van der Waals surface area contributed by atoms with Gasteiger partial charge >= 0.3 is 5.97 Å². The Bertz CT molecular complexity index is 1030. The molecule has 1 aliphatic rings. The molecule has 0 heterocycles. The number of nitrogens with zero attached hydrogens (tertiary/aromatic N) is 1. The minimum absolute atomic E-state index is 0.160. The minimum Gasteiger partial charge on any atom is -0.318 e. The van der Waals surface area contributed by atoms with Crippen LogP contribution in [-0.4, -0.2) is 17.5 Å². The second kappa shape index (κ2) is 5.57. The Balaban J connectivity index is 1.88. The first-order chi connectivity index (χ1) is 11.6. The third-order valence-corrected chi connectivity index (χ3v) is 4.44. The highest BCUT2D eigenvalue weighted by Crippen LogP contribution is 2.32. The molecule has 0 amide bonds. The molecule has 1 aliphatic carbocycles. The van der Waals surface area contributed by atoms with Crippen molar-refractivity contribution < 1.29 is 14.4 Å². The number of Topliss-reactive ketones (excluding diaryl/α,β-unsaturated/α-hetero) is 1. The number of rotatable bonds is 1. The van der Waals surface area contributed by atoms with E-state index in [4.69, 9.17) is 0 Å². The molecular formula is C20H15NO3. The molecule has 24 heavy (non-hydrogen) atoms. The predicted octanol–water partition coefficient (Wildman–Crippen LogP) is 4.04. The van der Waals surface area contributed by atoms with Gasteiger partial charge in [0.1, 0.15) is 5.71 Å². The van der Waals surface area contributed by atoms with Crippen molar-refractivity contribution in [3.8, 4) is 0 Å². The first kappa shape index (κ1) is 14.6. The Morgan fingerprint density at radius 1 is 0.958 bits per heavy atom. The summed E-state index contributed by atoms with van der Waals surface area (Å²) in [6.45, 7) is 1.27. The third kappa shape index (κ3) is 2.27. The first-order valence-electron chi connectivity index (χ1n) is 7.87. The van der Waals surface area contributed by atoms with Crippen LogP contribution in [0.2, 0.25) is 0 Å². The summed E-state index contributed by atoms with van der Waals surface area (Å²) in [5, 5.41) is 8.34. The molecule has 0 unspecified atom stereocenters. The fourth-order valence-electron chi connectivity index (χ4n) is 3.35. The fraction of sp³-hybridized carbons (Fsp3) is 0.150. The number of hydrogen-bond acceptors (Lipinski definition) is 4. The van der Waals surface area contributed by atoms with Gasteiger partial charge in [-0.2, -0.15) is 0 Å². The molecule has 0 bridgehead atoms. The van der Waals surface area contributed by atoms with Crippen molar-refractivity contribution in [3.63, 3.8) is 0 Å². The van der Waals surface area contributed by atoms with E-state index in [-0.39, 0.29) is 5.78 Å². The summed E-state index contributed by atoms with van der Waals surface area (Å²) in [6.07, 6.45) is 1.18. The van der Waals surface area contributed by atoms with Gasteiger partial charge in [-0.05, 0) is 33.5 Å². The van der Waals surface area contributed by atoms with Crippen LogP contribution in [-0.2, 0) is 16.1 Å². The monoisotopic (exact) mass is 317 g/mol. The summed E-state index contributed by atoms with van der Waals surface area (Å²) in [5.74, 6) is -0.682. The second-order valence-corrected chi connectivity index (χ2v) is 5.92. The van der Waals surface area contributed by atoms with Gasteiger partial charge < -0.3 is 4.84 Å². The predicted molar refractivity (Wildman–Crippen MR) is 93.3 cm³/mol. The molecule has 0 saturated heterocycles. The molecule has 3 aromatic rings. The van der Waals surface area contributed by atoms with Crippen molar-refractivity contribution in [1.82, 2.24) is 0 Å². The van der Waals surface area contributed by atoms with E-state index in [1.165, 1.54) is 17.7 Å². The molecule has 0 radical (unpaired) electrons. The highest BCUT2D eigenvalue weighted by Gasteiger charge is 2.26. The van der Waals surface area contributed by atoms with Crippen LogP contribution in [0, 0.1) is 0 Å². The zero-order chi connectivity index (χ0) is 16.7. The van der Waals surface area contributed by atoms with E-state index < -0.39 is 5.97 Å². The Kier molecular flexibility index (Phi) is 3.38. The van der Waals surface area contributed by atoms with E-state index in [0.29, 0.717) is 24.1 Å². The van der Waals surface area contributed by atoms with Gasteiger partial charge in [0.25, 0.3) is 0 Å². The zero-order valence-electron chi connectivity index (χ0n) is 13.2. The van der Waals surface area contributed by atoms with E-state index in [0.717, 1.165) is 16.3 Å². The van der Waals surface area contributed by atoms with Crippen LogP contribution in [0.25, 0.3) is 21.5 Å². The lowest BCUT2D eigenvalue weighted by molar-refractivity contribution is -0.140. The Morgan fingerprint density at radius 3 is 2.58 bits per heavy atom. The lowest BCUT2D eigenvalue weighted by Gasteiger charge is -2.18. The lowest BCUT2D eigenvalue weighted by atomic mass is 9.85. The highest BCUT2D eigenvalue weighted by atomic mass is 16.7. The summed E-state index contributed by atoms with van der Waals surface area (Å²) in [5.41, 5.74) is 2.00.